The quantitative estimate of drug-likeness (QED) is 0.864. The van der Waals surface area contributed by atoms with Gasteiger partial charge in [0.15, 0.2) is 5.78 Å². The fourth-order valence-corrected chi connectivity index (χ4v) is 2.04. The molecule has 3 heteroatoms. The number of hydrogen-bond donors (Lipinski definition) is 1. The normalized spacial score (nSPS) is 18.5. The number of dihydropyridines is 1. The predicted molar refractivity (Wildman–Crippen MR) is 72.9 cm³/mol. The lowest BCUT2D eigenvalue weighted by atomic mass is 9.97. The molecule has 1 N–H and O–H groups in total. The van der Waals surface area contributed by atoms with Gasteiger partial charge in [0.25, 0.3) is 0 Å². The van der Waals surface area contributed by atoms with Crippen molar-refractivity contribution in [1.82, 2.24) is 5.32 Å². The molecule has 88 valence electrons. The van der Waals surface area contributed by atoms with E-state index in [0.717, 1.165) is 10.0 Å². The standard InChI is InChI=1S/C14H14BrNO/c1-10-3-2-8-16-13(10)9-14(17)11-4-6-12(15)7-5-11/h2-8,13,16H,9H2,1H3. The maximum absolute atomic E-state index is 12.1. The van der Waals surface area contributed by atoms with Gasteiger partial charge in [-0.1, -0.05) is 39.7 Å². The monoisotopic (exact) mass is 291 g/mol. The van der Waals surface area contributed by atoms with Crippen LogP contribution in [0.15, 0.2) is 52.7 Å². The number of ketones is 1. The van der Waals surface area contributed by atoms with Gasteiger partial charge in [-0.05, 0) is 31.3 Å². The van der Waals surface area contributed by atoms with Crippen LogP contribution in [0.4, 0.5) is 0 Å². The number of Topliss-reactive ketones (excluding diaryl/α,β-unsaturated/α-hetero) is 1. The van der Waals surface area contributed by atoms with Crippen LogP contribution >= 0.6 is 15.9 Å². The summed E-state index contributed by atoms with van der Waals surface area (Å²) in [5.74, 6) is 0.165. The predicted octanol–water partition coefficient (Wildman–Crippen LogP) is 3.45. The van der Waals surface area contributed by atoms with E-state index < -0.39 is 0 Å². The van der Waals surface area contributed by atoms with Gasteiger partial charge >= 0.3 is 0 Å². The molecule has 0 spiro atoms. The Kier molecular flexibility index (Phi) is 3.79. The van der Waals surface area contributed by atoms with Crippen LogP contribution in [0.3, 0.4) is 0 Å². The number of benzene rings is 1. The van der Waals surface area contributed by atoms with Crippen LogP contribution in [-0.4, -0.2) is 11.8 Å². The lowest BCUT2D eigenvalue weighted by Crippen LogP contribution is -2.30. The third-order valence-corrected chi connectivity index (χ3v) is 3.39. The summed E-state index contributed by atoms with van der Waals surface area (Å²) in [5.41, 5.74) is 1.95. The number of allylic oxidation sites excluding steroid dienone is 2. The summed E-state index contributed by atoms with van der Waals surface area (Å²) in [5, 5.41) is 3.20. The van der Waals surface area contributed by atoms with Gasteiger partial charge in [0.05, 0.1) is 6.04 Å². The molecule has 2 nitrogen and oxygen atoms in total. The molecule has 0 aromatic heterocycles. The molecule has 1 aromatic rings. The molecule has 0 saturated carbocycles. The Hall–Kier alpha value is -1.35. The molecular weight excluding hydrogens is 278 g/mol. The number of carbonyl (C=O) groups is 1. The van der Waals surface area contributed by atoms with Crippen molar-refractivity contribution in [2.24, 2.45) is 0 Å². The molecule has 0 aliphatic carbocycles. The summed E-state index contributed by atoms with van der Waals surface area (Å²) in [6.07, 6.45) is 6.37. The molecule has 0 radical (unpaired) electrons. The van der Waals surface area contributed by atoms with Gasteiger partial charge in [0.2, 0.25) is 0 Å². The first-order valence-electron chi connectivity index (χ1n) is 5.55. The Morgan fingerprint density at radius 1 is 1.35 bits per heavy atom. The highest BCUT2D eigenvalue weighted by Crippen LogP contribution is 2.16. The molecule has 0 bridgehead atoms. The van der Waals surface area contributed by atoms with Crippen LogP contribution in [0.2, 0.25) is 0 Å². The fourth-order valence-electron chi connectivity index (χ4n) is 1.78. The van der Waals surface area contributed by atoms with Crippen molar-refractivity contribution in [2.75, 3.05) is 0 Å². The smallest absolute Gasteiger partial charge is 0.165 e. The first-order valence-corrected chi connectivity index (χ1v) is 6.34. The Bertz CT molecular complexity index is 474. The lowest BCUT2D eigenvalue weighted by molar-refractivity contribution is 0.0975. The van der Waals surface area contributed by atoms with E-state index in [9.17, 15) is 4.79 Å². The first kappa shape index (κ1) is 12.1. The number of halogens is 1. The average molecular weight is 292 g/mol. The number of rotatable bonds is 3. The summed E-state index contributed by atoms with van der Waals surface area (Å²) in [4.78, 5) is 12.1. The third-order valence-electron chi connectivity index (χ3n) is 2.86. The van der Waals surface area contributed by atoms with Crippen LogP contribution in [0.25, 0.3) is 0 Å². The second-order valence-electron chi connectivity index (χ2n) is 4.12. The SMILES string of the molecule is CC1=CC=CNC1CC(=O)c1ccc(Br)cc1. The van der Waals surface area contributed by atoms with Crippen molar-refractivity contribution in [1.29, 1.82) is 0 Å². The van der Waals surface area contributed by atoms with E-state index in [4.69, 9.17) is 0 Å². The zero-order chi connectivity index (χ0) is 12.3. The minimum absolute atomic E-state index is 0.121. The maximum atomic E-state index is 12.1. The average Bonchev–Trinajstić information content (AvgIpc) is 2.33. The van der Waals surface area contributed by atoms with Crippen LogP contribution in [0, 0.1) is 0 Å². The Labute approximate surface area is 110 Å². The van der Waals surface area contributed by atoms with E-state index >= 15 is 0 Å². The van der Waals surface area contributed by atoms with Crippen molar-refractivity contribution in [3.8, 4) is 0 Å². The topological polar surface area (TPSA) is 29.1 Å². The molecule has 0 fully saturated rings. The van der Waals surface area contributed by atoms with Gasteiger partial charge in [-0.15, -0.1) is 0 Å². The lowest BCUT2D eigenvalue weighted by Gasteiger charge is -2.20. The molecular formula is C14H14BrNO. The van der Waals surface area contributed by atoms with Crippen LogP contribution < -0.4 is 5.32 Å². The van der Waals surface area contributed by atoms with E-state index in [1.165, 1.54) is 5.57 Å². The first-order chi connectivity index (χ1) is 8.16. The molecule has 0 amide bonds. The van der Waals surface area contributed by atoms with Gasteiger partial charge in [-0.2, -0.15) is 0 Å². The Morgan fingerprint density at radius 2 is 2.06 bits per heavy atom. The van der Waals surface area contributed by atoms with Gasteiger partial charge in [-0.3, -0.25) is 4.79 Å². The minimum atomic E-state index is 0.121. The van der Waals surface area contributed by atoms with Crippen molar-refractivity contribution in [2.45, 2.75) is 19.4 Å². The molecule has 2 rings (SSSR count). The molecule has 1 heterocycles. The number of hydrogen-bond acceptors (Lipinski definition) is 2. The van der Waals surface area contributed by atoms with Gasteiger partial charge in [0, 0.05) is 16.5 Å². The number of nitrogens with one attached hydrogen (secondary N) is 1. The van der Waals surface area contributed by atoms with Crippen molar-refractivity contribution < 1.29 is 4.79 Å². The van der Waals surface area contributed by atoms with E-state index in [1.54, 1.807) is 0 Å². The van der Waals surface area contributed by atoms with Crippen LogP contribution in [-0.2, 0) is 0 Å². The van der Waals surface area contributed by atoms with Crippen LogP contribution in [0.1, 0.15) is 23.7 Å². The fraction of sp³-hybridized carbons (Fsp3) is 0.214. The van der Waals surface area contributed by atoms with E-state index in [1.807, 2.05) is 49.5 Å². The molecule has 1 aliphatic heterocycles. The molecule has 1 aliphatic rings. The Morgan fingerprint density at radius 3 is 2.71 bits per heavy atom. The number of carbonyl (C=O) groups excluding carboxylic acids is 1. The minimum Gasteiger partial charge on any atom is -0.384 e. The molecule has 1 atom stereocenters. The highest BCUT2D eigenvalue weighted by molar-refractivity contribution is 9.10. The van der Waals surface area contributed by atoms with Gasteiger partial charge < -0.3 is 5.32 Å². The van der Waals surface area contributed by atoms with E-state index in [2.05, 4.69) is 21.2 Å². The summed E-state index contributed by atoms with van der Waals surface area (Å²) in [6.45, 7) is 2.04. The zero-order valence-corrected chi connectivity index (χ0v) is 11.2. The van der Waals surface area contributed by atoms with Gasteiger partial charge in [-0.25, -0.2) is 0 Å². The molecule has 1 aromatic carbocycles. The van der Waals surface area contributed by atoms with Gasteiger partial charge in [0.1, 0.15) is 0 Å². The van der Waals surface area contributed by atoms with Crippen molar-refractivity contribution >= 4 is 21.7 Å². The Balaban J connectivity index is 2.04. The largest absolute Gasteiger partial charge is 0.384 e. The highest BCUT2D eigenvalue weighted by atomic mass is 79.9. The maximum Gasteiger partial charge on any atom is 0.165 e. The van der Waals surface area contributed by atoms with Crippen molar-refractivity contribution in [3.05, 3.63) is 58.2 Å². The molecule has 1 unspecified atom stereocenters. The van der Waals surface area contributed by atoms with E-state index in [0.29, 0.717) is 6.42 Å². The summed E-state index contributed by atoms with van der Waals surface area (Å²) in [6, 6.07) is 7.61. The summed E-state index contributed by atoms with van der Waals surface area (Å²) in [7, 11) is 0. The van der Waals surface area contributed by atoms with Crippen molar-refractivity contribution in [3.63, 3.8) is 0 Å². The molecule has 17 heavy (non-hydrogen) atoms. The third kappa shape index (κ3) is 3.07. The highest BCUT2D eigenvalue weighted by Gasteiger charge is 2.16. The second-order valence-corrected chi connectivity index (χ2v) is 5.04. The molecule has 0 saturated heterocycles. The van der Waals surface area contributed by atoms with E-state index in [-0.39, 0.29) is 11.8 Å². The summed E-state index contributed by atoms with van der Waals surface area (Å²) >= 11 is 3.36. The second kappa shape index (κ2) is 5.32. The zero-order valence-electron chi connectivity index (χ0n) is 9.61. The van der Waals surface area contributed by atoms with Crippen LogP contribution in [0.5, 0.6) is 0 Å². The summed E-state index contributed by atoms with van der Waals surface area (Å²) < 4.78 is 0.990.